The predicted octanol–water partition coefficient (Wildman–Crippen LogP) is 3.30. The Balaban J connectivity index is 1.77. The third-order valence-corrected chi connectivity index (χ3v) is 3.56. The average Bonchev–Trinajstić information content (AvgIpc) is 2.94. The second kappa shape index (κ2) is 9.50. The zero-order valence-electron chi connectivity index (χ0n) is 13.1. The van der Waals surface area contributed by atoms with Crippen molar-refractivity contribution < 1.29 is 4.74 Å². The van der Waals surface area contributed by atoms with E-state index in [4.69, 9.17) is 28.6 Å². The van der Waals surface area contributed by atoms with Gasteiger partial charge >= 0.3 is 0 Å². The summed E-state index contributed by atoms with van der Waals surface area (Å²) < 4.78 is 7.11. The van der Waals surface area contributed by atoms with E-state index in [-0.39, 0.29) is 0 Å². The SMILES string of the molecule is CCOCCCNC(=S)Nc1cnn(Cc2cccc(Cl)c2)c1. The van der Waals surface area contributed by atoms with Crippen LogP contribution in [0.5, 0.6) is 0 Å². The lowest BCUT2D eigenvalue weighted by Gasteiger charge is -2.08. The summed E-state index contributed by atoms with van der Waals surface area (Å²) in [4.78, 5) is 0. The minimum Gasteiger partial charge on any atom is -0.382 e. The Morgan fingerprint density at radius 2 is 2.30 bits per heavy atom. The third-order valence-electron chi connectivity index (χ3n) is 3.08. The number of benzene rings is 1. The largest absolute Gasteiger partial charge is 0.382 e. The van der Waals surface area contributed by atoms with E-state index in [0.717, 1.165) is 42.5 Å². The molecule has 0 atom stereocenters. The lowest BCUT2D eigenvalue weighted by Crippen LogP contribution is -2.29. The molecule has 0 radical (unpaired) electrons. The van der Waals surface area contributed by atoms with Crippen LogP contribution in [-0.2, 0) is 11.3 Å². The molecule has 124 valence electrons. The van der Waals surface area contributed by atoms with Crippen LogP contribution in [0.2, 0.25) is 5.02 Å². The Kier molecular flexibility index (Phi) is 7.32. The first-order valence-electron chi connectivity index (χ1n) is 7.57. The van der Waals surface area contributed by atoms with Gasteiger partial charge in [-0.3, -0.25) is 4.68 Å². The van der Waals surface area contributed by atoms with Crippen molar-refractivity contribution in [2.24, 2.45) is 0 Å². The number of anilines is 1. The summed E-state index contributed by atoms with van der Waals surface area (Å²) in [7, 11) is 0. The Morgan fingerprint density at radius 3 is 3.09 bits per heavy atom. The molecule has 0 fully saturated rings. The van der Waals surface area contributed by atoms with Crippen LogP contribution in [0.25, 0.3) is 0 Å². The van der Waals surface area contributed by atoms with Crippen LogP contribution < -0.4 is 10.6 Å². The van der Waals surface area contributed by atoms with Crippen molar-refractivity contribution in [1.29, 1.82) is 0 Å². The van der Waals surface area contributed by atoms with Crippen LogP contribution in [0.15, 0.2) is 36.7 Å². The maximum atomic E-state index is 5.99. The monoisotopic (exact) mass is 352 g/mol. The van der Waals surface area contributed by atoms with E-state index in [1.807, 2.05) is 42.1 Å². The molecule has 2 N–H and O–H groups in total. The lowest BCUT2D eigenvalue weighted by atomic mass is 10.2. The molecule has 0 aliphatic carbocycles. The maximum absolute atomic E-state index is 5.99. The molecule has 0 bridgehead atoms. The minimum absolute atomic E-state index is 0.587. The number of nitrogens with one attached hydrogen (secondary N) is 2. The van der Waals surface area contributed by atoms with Gasteiger partial charge in [0.15, 0.2) is 5.11 Å². The van der Waals surface area contributed by atoms with Gasteiger partial charge in [0.1, 0.15) is 0 Å². The van der Waals surface area contributed by atoms with Crippen LogP contribution >= 0.6 is 23.8 Å². The summed E-state index contributed by atoms with van der Waals surface area (Å²) in [5, 5.41) is 11.9. The molecule has 0 aliphatic rings. The van der Waals surface area contributed by atoms with Crippen LogP contribution in [0.1, 0.15) is 18.9 Å². The normalized spacial score (nSPS) is 10.5. The van der Waals surface area contributed by atoms with E-state index in [2.05, 4.69) is 15.7 Å². The van der Waals surface area contributed by atoms with E-state index in [1.54, 1.807) is 6.20 Å². The van der Waals surface area contributed by atoms with Crippen LogP contribution in [0.4, 0.5) is 5.69 Å². The zero-order valence-corrected chi connectivity index (χ0v) is 14.7. The van der Waals surface area contributed by atoms with Crippen molar-refractivity contribution in [2.45, 2.75) is 19.9 Å². The summed E-state index contributed by atoms with van der Waals surface area (Å²) in [6.07, 6.45) is 4.58. The molecule has 0 saturated carbocycles. The van der Waals surface area contributed by atoms with Crippen molar-refractivity contribution in [3.05, 3.63) is 47.2 Å². The molecular weight excluding hydrogens is 332 g/mol. The number of hydrogen-bond donors (Lipinski definition) is 2. The van der Waals surface area contributed by atoms with E-state index in [0.29, 0.717) is 11.7 Å². The molecule has 1 heterocycles. The Morgan fingerprint density at radius 1 is 1.43 bits per heavy atom. The maximum Gasteiger partial charge on any atom is 0.170 e. The number of rotatable bonds is 8. The van der Waals surface area contributed by atoms with Gasteiger partial charge in [0.2, 0.25) is 0 Å². The number of thiocarbonyl (C=S) groups is 1. The van der Waals surface area contributed by atoms with Crippen LogP contribution in [0.3, 0.4) is 0 Å². The first-order valence-corrected chi connectivity index (χ1v) is 8.35. The highest BCUT2D eigenvalue weighted by Crippen LogP contribution is 2.13. The number of hydrogen-bond acceptors (Lipinski definition) is 3. The highest BCUT2D eigenvalue weighted by Gasteiger charge is 2.02. The number of ether oxygens (including phenoxy) is 1. The molecule has 0 spiro atoms. The van der Waals surface area contributed by atoms with Gasteiger partial charge < -0.3 is 15.4 Å². The highest BCUT2D eigenvalue weighted by atomic mass is 35.5. The fraction of sp³-hybridized carbons (Fsp3) is 0.375. The first kappa shape index (κ1) is 17.7. The molecule has 23 heavy (non-hydrogen) atoms. The van der Waals surface area contributed by atoms with E-state index in [9.17, 15) is 0 Å². The van der Waals surface area contributed by atoms with Crippen LogP contribution in [-0.4, -0.2) is 34.7 Å². The topological polar surface area (TPSA) is 51.1 Å². The fourth-order valence-corrected chi connectivity index (χ4v) is 2.47. The zero-order chi connectivity index (χ0) is 16.5. The predicted molar refractivity (Wildman–Crippen MR) is 98.1 cm³/mol. The van der Waals surface area contributed by atoms with Crippen molar-refractivity contribution in [3.63, 3.8) is 0 Å². The quantitative estimate of drug-likeness (QED) is 0.564. The molecule has 7 heteroatoms. The van der Waals surface area contributed by atoms with Gasteiger partial charge in [-0.25, -0.2) is 0 Å². The summed E-state index contributed by atoms with van der Waals surface area (Å²) in [6, 6.07) is 7.74. The number of aromatic nitrogens is 2. The van der Waals surface area contributed by atoms with Gasteiger partial charge in [-0.1, -0.05) is 23.7 Å². The smallest absolute Gasteiger partial charge is 0.170 e. The van der Waals surface area contributed by atoms with E-state index in [1.165, 1.54) is 0 Å². The molecule has 5 nitrogen and oxygen atoms in total. The molecule has 0 amide bonds. The molecule has 1 aromatic carbocycles. The van der Waals surface area contributed by atoms with E-state index < -0.39 is 0 Å². The van der Waals surface area contributed by atoms with Crippen LogP contribution in [0, 0.1) is 0 Å². The third kappa shape index (κ3) is 6.56. The van der Waals surface area contributed by atoms with Crippen molar-refractivity contribution in [1.82, 2.24) is 15.1 Å². The molecule has 1 aromatic heterocycles. The van der Waals surface area contributed by atoms with Gasteiger partial charge in [0.25, 0.3) is 0 Å². The van der Waals surface area contributed by atoms with Crippen molar-refractivity contribution >= 4 is 34.6 Å². The first-order chi connectivity index (χ1) is 11.2. The standard InChI is InChI=1S/C16H21ClN4OS/c1-2-22-8-4-7-18-16(23)20-15-10-19-21(12-15)11-13-5-3-6-14(17)9-13/h3,5-6,9-10,12H,2,4,7-8,11H2,1H3,(H2,18,20,23). The summed E-state index contributed by atoms with van der Waals surface area (Å²) >= 11 is 11.2. The van der Waals surface area contributed by atoms with E-state index >= 15 is 0 Å². The molecule has 0 unspecified atom stereocenters. The second-order valence-corrected chi connectivity index (χ2v) is 5.83. The second-order valence-electron chi connectivity index (χ2n) is 4.99. The van der Waals surface area contributed by atoms with Gasteiger partial charge in [-0.2, -0.15) is 5.10 Å². The summed E-state index contributed by atoms with van der Waals surface area (Å²) in [5.74, 6) is 0. The van der Waals surface area contributed by atoms with Crippen molar-refractivity contribution in [3.8, 4) is 0 Å². The Hall–Kier alpha value is -1.63. The number of halogens is 1. The molecule has 2 aromatic rings. The van der Waals surface area contributed by atoms with Gasteiger partial charge in [-0.15, -0.1) is 0 Å². The lowest BCUT2D eigenvalue weighted by molar-refractivity contribution is 0.146. The highest BCUT2D eigenvalue weighted by molar-refractivity contribution is 7.80. The van der Waals surface area contributed by atoms with Gasteiger partial charge in [-0.05, 0) is 43.3 Å². The minimum atomic E-state index is 0.587. The summed E-state index contributed by atoms with van der Waals surface area (Å²) in [6.45, 7) is 4.91. The molecule has 0 aliphatic heterocycles. The molecular formula is C16H21ClN4OS. The summed E-state index contributed by atoms with van der Waals surface area (Å²) in [5.41, 5.74) is 1.96. The molecule has 0 saturated heterocycles. The van der Waals surface area contributed by atoms with Crippen molar-refractivity contribution in [2.75, 3.05) is 25.1 Å². The Labute approximate surface area is 147 Å². The Bertz CT molecular complexity index is 632. The van der Waals surface area contributed by atoms with Gasteiger partial charge in [0, 0.05) is 31.0 Å². The fourth-order valence-electron chi connectivity index (χ4n) is 2.03. The average molecular weight is 353 g/mol. The molecule has 2 rings (SSSR count). The van der Waals surface area contributed by atoms with Gasteiger partial charge in [0.05, 0.1) is 18.4 Å². The number of nitrogens with zero attached hydrogens (tertiary/aromatic N) is 2.